The Morgan fingerprint density at radius 3 is 2.65 bits per heavy atom. The van der Waals surface area contributed by atoms with Gasteiger partial charge in [-0.15, -0.1) is 0 Å². The monoisotopic (exact) mass is 233 g/mol. The first-order chi connectivity index (χ1) is 8.22. The van der Waals surface area contributed by atoms with Crippen molar-refractivity contribution in [3.63, 3.8) is 0 Å². The van der Waals surface area contributed by atoms with Gasteiger partial charge in [0.2, 0.25) is 0 Å². The highest BCUT2D eigenvalue weighted by atomic mass is 16.5. The van der Waals surface area contributed by atoms with Crippen LogP contribution < -0.4 is 10.1 Å². The largest absolute Gasteiger partial charge is 0.494 e. The van der Waals surface area contributed by atoms with Crippen LogP contribution in [0.15, 0.2) is 24.3 Å². The van der Waals surface area contributed by atoms with Gasteiger partial charge in [0.15, 0.2) is 0 Å². The van der Waals surface area contributed by atoms with Gasteiger partial charge in [0.05, 0.1) is 6.61 Å². The van der Waals surface area contributed by atoms with Gasteiger partial charge in [0, 0.05) is 17.6 Å². The fraction of sp³-hybridized carbons (Fsp3) is 0.600. The summed E-state index contributed by atoms with van der Waals surface area (Å²) >= 11 is 0. The minimum Gasteiger partial charge on any atom is -0.494 e. The van der Waals surface area contributed by atoms with Gasteiger partial charge in [-0.1, -0.05) is 18.2 Å². The highest BCUT2D eigenvalue weighted by Gasteiger charge is 2.29. The third-order valence-corrected chi connectivity index (χ3v) is 3.53. The van der Waals surface area contributed by atoms with E-state index in [2.05, 4.69) is 37.4 Å². The Balaban J connectivity index is 2.03. The first-order valence-corrected chi connectivity index (χ1v) is 6.70. The molecule has 2 rings (SSSR count). The van der Waals surface area contributed by atoms with Crippen molar-refractivity contribution < 1.29 is 4.74 Å². The summed E-state index contributed by atoms with van der Waals surface area (Å²) < 4.78 is 5.68. The molecular formula is C15H23NO. The van der Waals surface area contributed by atoms with E-state index >= 15 is 0 Å². The lowest BCUT2D eigenvalue weighted by atomic mass is 10.1. The first-order valence-electron chi connectivity index (χ1n) is 6.70. The Hall–Kier alpha value is -1.02. The van der Waals surface area contributed by atoms with Crippen LogP contribution in [0.4, 0.5) is 0 Å². The number of ether oxygens (including phenoxy) is 1. The van der Waals surface area contributed by atoms with E-state index in [-0.39, 0.29) is 0 Å². The molecule has 1 aromatic carbocycles. The van der Waals surface area contributed by atoms with Crippen molar-refractivity contribution in [3.8, 4) is 5.75 Å². The molecule has 2 heteroatoms. The number of para-hydroxylation sites is 1. The standard InChI is InChI=1S/C15H23NO/c1-4-17-15-8-6-5-7-14(15)12(3)16-11(2)13-9-10-13/h5-8,11-13,16H,4,9-10H2,1-3H3. The summed E-state index contributed by atoms with van der Waals surface area (Å²) in [6.45, 7) is 7.26. The average Bonchev–Trinajstić information content (AvgIpc) is 3.13. The minimum atomic E-state index is 0.355. The van der Waals surface area contributed by atoms with Crippen LogP contribution in [0.1, 0.15) is 45.2 Å². The van der Waals surface area contributed by atoms with Gasteiger partial charge >= 0.3 is 0 Å². The Kier molecular flexibility index (Phi) is 4.06. The molecule has 0 spiro atoms. The molecule has 0 aliphatic heterocycles. The maximum Gasteiger partial charge on any atom is 0.124 e. The predicted molar refractivity (Wildman–Crippen MR) is 71.3 cm³/mol. The molecular weight excluding hydrogens is 210 g/mol. The van der Waals surface area contributed by atoms with Gasteiger partial charge in [0.25, 0.3) is 0 Å². The third-order valence-electron chi connectivity index (χ3n) is 3.53. The summed E-state index contributed by atoms with van der Waals surface area (Å²) in [6, 6.07) is 9.29. The SMILES string of the molecule is CCOc1ccccc1C(C)NC(C)C1CC1. The number of nitrogens with one attached hydrogen (secondary N) is 1. The molecule has 1 aromatic rings. The molecule has 1 aliphatic carbocycles. The minimum absolute atomic E-state index is 0.355. The zero-order chi connectivity index (χ0) is 12.3. The Morgan fingerprint density at radius 1 is 1.29 bits per heavy atom. The van der Waals surface area contributed by atoms with Gasteiger partial charge in [0.1, 0.15) is 5.75 Å². The van der Waals surface area contributed by atoms with Crippen molar-refractivity contribution in [1.29, 1.82) is 0 Å². The van der Waals surface area contributed by atoms with Crippen LogP contribution in [0.2, 0.25) is 0 Å². The molecule has 0 bridgehead atoms. The van der Waals surface area contributed by atoms with E-state index in [1.807, 2.05) is 13.0 Å². The summed E-state index contributed by atoms with van der Waals surface area (Å²) in [5.74, 6) is 1.90. The highest BCUT2D eigenvalue weighted by Crippen LogP contribution is 2.34. The molecule has 2 atom stereocenters. The fourth-order valence-electron chi connectivity index (χ4n) is 2.34. The van der Waals surface area contributed by atoms with Crippen LogP contribution in [0.25, 0.3) is 0 Å². The van der Waals surface area contributed by atoms with Crippen LogP contribution in [0.5, 0.6) is 5.75 Å². The second kappa shape index (κ2) is 5.54. The van der Waals surface area contributed by atoms with E-state index in [4.69, 9.17) is 4.74 Å². The Morgan fingerprint density at radius 2 is 2.00 bits per heavy atom. The van der Waals surface area contributed by atoms with E-state index in [0.29, 0.717) is 12.1 Å². The van der Waals surface area contributed by atoms with E-state index in [0.717, 1.165) is 18.3 Å². The number of hydrogen-bond acceptors (Lipinski definition) is 2. The topological polar surface area (TPSA) is 21.3 Å². The molecule has 2 unspecified atom stereocenters. The number of rotatable bonds is 6. The van der Waals surface area contributed by atoms with Gasteiger partial charge in [-0.05, 0) is 45.6 Å². The molecule has 0 radical (unpaired) electrons. The number of benzene rings is 1. The Bertz CT molecular complexity index is 360. The van der Waals surface area contributed by atoms with Crippen molar-refractivity contribution in [1.82, 2.24) is 5.32 Å². The zero-order valence-corrected chi connectivity index (χ0v) is 11.1. The van der Waals surface area contributed by atoms with Gasteiger partial charge in [-0.2, -0.15) is 0 Å². The quantitative estimate of drug-likeness (QED) is 0.811. The van der Waals surface area contributed by atoms with E-state index < -0.39 is 0 Å². The molecule has 17 heavy (non-hydrogen) atoms. The molecule has 1 N–H and O–H groups in total. The molecule has 0 amide bonds. The maximum atomic E-state index is 5.68. The second-order valence-electron chi connectivity index (χ2n) is 4.99. The van der Waals surface area contributed by atoms with Crippen LogP contribution in [-0.4, -0.2) is 12.6 Å². The zero-order valence-electron chi connectivity index (χ0n) is 11.1. The maximum absolute atomic E-state index is 5.68. The van der Waals surface area contributed by atoms with Crippen LogP contribution in [-0.2, 0) is 0 Å². The van der Waals surface area contributed by atoms with Crippen molar-refractivity contribution >= 4 is 0 Å². The predicted octanol–water partition coefficient (Wildman–Crippen LogP) is 3.53. The smallest absolute Gasteiger partial charge is 0.124 e. The average molecular weight is 233 g/mol. The van der Waals surface area contributed by atoms with Gasteiger partial charge in [-0.25, -0.2) is 0 Å². The van der Waals surface area contributed by atoms with Crippen LogP contribution in [0.3, 0.4) is 0 Å². The summed E-state index contributed by atoms with van der Waals surface area (Å²) in [5.41, 5.74) is 1.27. The summed E-state index contributed by atoms with van der Waals surface area (Å²) in [4.78, 5) is 0. The highest BCUT2D eigenvalue weighted by molar-refractivity contribution is 5.35. The molecule has 0 saturated heterocycles. The van der Waals surface area contributed by atoms with Crippen molar-refractivity contribution in [3.05, 3.63) is 29.8 Å². The lowest BCUT2D eigenvalue weighted by Crippen LogP contribution is -2.30. The molecule has 1 saturated carbocycles. The summed E-state index contributed by atoms with van der Waals surface area (Å²) in [5, 5.41) is 3.68. The molecule has 1 fully saturated rings. The fourth-order valence-corrected chi connectivity index (χ4v) is 2.34. The third kappa shape index (κ3) is 3.22. The van der Waals surface area contributed by atoms with Crippen molar-refractivity contribution in [2.24, 2.45) is 5.92 Å². The number of hydrogen-bond donors (Lipinski definition) is 1. The molecule has 94 valence electrons. The molecule has 2 nitrogen and oxygen atoms in total. The van der Waals surface area contributed by atoms with E-state index in [1.54, 1.807) is 0 Å². The Labute approximate surface area is 104 Å². The summed E-state index contributed by atoms with van der Waals surface area (Å²) in [6.07, 6.45) is 2.77. The van der Waals surface area contributed by atoms with E-state index in [9.17, 15) is 0 Å². The molecule has 0 aromatic heterocycles. The summed E-state index contributed by atoms with van der Waals surface area (Å²) in [7, 11) is 0. The van der Waals surface area contributed by atoms with Crippen molar-refractivity contribution in [2.75, 3.05) is 6.61 Å². The van der Waals surface area contributed by atoms with E-state index in [1.165, 1.54) is 18.4 Å². The molecule has 1 aliphatic rings. The lowest BCUT2D eigenvalue weighted by Gasteiger charge is -2.22. The second-order valence-corrected chi connectivity index (χ2v) is 4.99. The lowest BCUT2D eigenvalue weighted by molar-refractivity contribution is 0.329. The normalized spacial score (nSPS) is 18.8. The van der Waals surface area contributed by atoms with Gasteiger partial charge in [-0.3, -0.25) is 0 Å². The van der Waals surface area contributed by atoms with Crippen LogP contribution >= 0.6 is 0 Å². The van der Waals surface area contributed by atoms with Gasteiger partial charge < -0.3 is 10.1 Å². The molecule has 0 heterocycles. The van der Waals surface area contributed by atoms with Crippen LogP contribution in [0, 0.1) is 5.92 Å². The first kappa shape index (κ1) is 12.4. The van der Waals surface area contributed by atoms with Crippen molar-refractivity contribution in [2.45, 2.75) is 45.7 Å².